The van der Waals surface area contributed by atoms with E-state index in [1.807, 2.05) is 48.8 Å². The lowest BCUT2D eigenvalue weighted by Crippen LogP contribution is -2.05. The molecule has 0 bridgehead atoms. The summed E-state index contributed by atoms with van der Waals surface area (Å²) in [4.78, 5) is 24.4. The van der Waals surface area contributed by atoms with Crippen molar-refractivity contribution in [2.45, 2.75) is 24.7 Å². The first-order valence-corrected chi connectivity index (χ1v) is 18.0. The van der Waals surface area contributed by atoms with E-state index in [2.05, 4.69) is 120 Å². The highest BCUT2D eigenvalue weighted by atomic mass is 16.3. The lowest BCUT2D eigenvalue weighted by molar-refractivity contribution is 0.505. The normalized spacial score (nSPS) is 17.0. The first-order chi connectivity index (χ1) is 26.2. The second kappa shape index (κ2) is 13.1. The van der Waals surface area contributed by atoms with Gasteiger partial charge >= 0.3 is 0 Å². The Balaban J connectivity index is 1.01. The van der Waals surface area contributed by atoms with Gasteiger partial charge in [0.05, 0.1) is 28.3 Å². The molecule has 0 spiro atoms. The topological polar surface area (TPSA) is 77.6 Å². The summed E-state index contributed by atoms with van der Waals surface area (Å²) in [6, 6.07) is 39.7. The first kappa shape index (κ1) is 31.0. The molecule has 2 aliphatic carbocycles. The molecule has 6 nitrogen and oxygen atoms in total. The van der Waals surface area contributed by atoms with Gasteiger partial charge in [-0.3, -0.25) is 9.97 Å². The SMILES string of the molecule is C1=CC(c2nc3ccccc3o2)CC=C1c1cc(-c2ccc(-c3cc4cccnc4c4ncccc34)cc2)nc(C2=CCC(c3ccccc3)C=C2)n1. The molecular formula is C47H33N5O. The number of fused-ring (bicyclic) bond motifs is 4. The van der Waals surface area contributed by atoms with Crippen LogP contribution in [-0.2, 0) is 0 Å². The predicted molar refractivity (Wildman–Crippen MR) is 213 cm³/mol. The van der Waals surface area contributed by atoms with Crippen LogP contribution in [0.1, 0.15) is 47.6 Å². The Morgan fingerprint density at radius 3 is 2.09 bits per heavy atom. The van der Waals surface area contributed by atoms with Gasteiger partial charge in [-0.05, 0) is 71.5 Å². The summed E-state index contributed by atoms with van der Waals surface area (Å²) in [7, 11) is 0. The summed E-state index contributed by atoms with van der Waals surface area (Å²) in [6.07, 6.45) is 18.6. The summed E-state index contributed by atoms with van der Waals surface area (Å²) in [5.74, 6) is 1.85. The minimum absolute atomic E-state index is 0.0653. The van der Waals surface area contributed by atoms with E-state index in [9.17, 15) is 0 Å². The first-order valence-electron chi connectivity index (χ1n) is 18.0. The van der Waals surface area contributed by atoms with Crippen molar-refractivity contribution < 1.29 is 4.42 Å². The molecule has 0 saturated heterocycles. The molecule has 6 heteroatoms. The molecule has 4 heterocycles. The van der Waals surface area contributed by atoms with Crippen molar-refractivity contribution >= 4 is 44.1 Å². The standard InChI is InChI=1S/C47H33N5O/c1-2-8-30(9-3-1)31-14-22-35(23-15-31)46-50-41(29-42(51-46)34-20-24-36(25-21-34)47-52-40-12-4-5-13-43(40)53-47)33-18-16-32(17-19-33)39-28-37-10-6-26-48-44(37)45-38(39)11-7-27-49-45/h1-14,16-24,26-29,31,36H,15,25H2. The predicted octanol–water partition coefficient (Wildman–Crippen LogP) is 11.3. The quantitative estimate of drug-likeness (QED) is 0.162. The molecule has 0 N–H and O–H groups in total. The van der Waals surface area contributed by atoms with E-state index >= 15 is 0 Å². The monoisotopic (exact) mass is 683 g/mol. The maximum Gasteiger partial charge on any atom is 0.202 e. The summed E-state index contributed by atoms with van der Waals surface area (Å²) < 4.78 is 6.11. The van der Waals surface area contributed by atoms with E-state index in [1.54, 1.807) is 0 Å². The molecule has 0 radical (unpaired) electrons. The number of allylic oxidation sites excluding steroid dienone is 8. The fourth-order valence-corrected chi connectivity index (χ4v) is 7.48. The summed E-state index contributed by atoms with van der Waals surface area (Å²) >= 11 is 0. The zero-order valence-corrected chi connectivity index (χ0v) is 28.8. The molecular weight excluding hydrogens is 651 g/mol. The van der Waals surface area contributed by atoms with E-state index in [-0.39, 0.29) is 5.92 Å². The second-order valence-corrected chi connectivity index (χ2v) is 13.6. The van der Waals surface area contributed by atoms with Gasteiger partial charge in [-0.2, -0.15) is 0 Å². The molecule has 0 saturated carbocycles. The van der Waals surface area contributed by atoms with Crippen LogP contribution in [0.25, 0.3) is 66.4 Å². The Kier molecular flexibility index (Phi) is 7.64. The van der Waals surface area contributed by atoms with Crippen molar-refractivity contribution in [2.75, 3.05) is 0 Å². The summed E-state index contributed by atoms with van der Waals surface area (Å²) in [6.45, 7) is 0. The van der Waals surface area contributed by atoms with Crippen LogP contribution in [0.2, 0.25) is 0 Å². The third-order valence-electron chi connectivity index (χ3n) is 10.3. The lowest BCUT2D eigenvalue weighted by Gasteiger charge is -2.18. The van der Waals surface area contributed by atoms with E-state index in [1.165, 1.54) is 5.56 Å². The van der Waals surface area contributed by atoms with Gasteiger partial charge in [-0.25, -0.2) is 15.0 Å². The third kappa shape index (κ3) is 5.84. The zero-order valence-electron chi connectivity index (χ0n) is 28.8. The lowest BCUT2D eigenvalue weighted by atomic mass is 9.90. The van der Waals surface area contributed by atoms with Gasteiger partial charge in [0.15, 0.2) is 11.4 Å². The molecule has 2 unspecified atom stereocenters. The highest BCUT2D eigenvalue weighted by molar-refractivity contribution is 6.10. The van der Waals surface area contributed by atoms with Gasteiger partial charge in [0, 0.05) is 40.2 Å². The number of rotatable bonds is 6. The number of pyridine rings is 2. The number of benzene rings is 4. The Morgan fingerprint density at radius 2 is 1.28 bits per heavy atom. The van der Waals surface area contributed by atoms with Crippen LogP contribution in [0.4, 0.5) is 0 Å². The van der Waals surface area contributed by atoms with Crippen LogP contribution in [0.5, 0.6) is 0 Å². The minimum atomic E-state index is 0.0653. The smallest absolute Gasteiger partial charge is 0.202 e. The summed E-state index contributed by atoms with van der Waals surface area (Å²) in [5.41, 5.74) is 11.9. The van der Waals surface area contributed by atoms with Crippen molar-refractivity contribution in [1.82, 2.24) is 24.9 Å². The molecule has 0 fully saturated rings. The molecule has 0 aliphatic heterocycles. The molecule has 2 aliphatic rings. The second-order valence-electron chi connectivity index (χ2n) is 13.6. The third-order valence-corrected chi connectivity index (χ3v) is 10.3. The molecule has 2 atom stereocenters. The molecule has 10 rings (SSSR count). The number of hydrogen-bond acceptors (Lipinski definition) is 6. The number of hydrogen-bond donors (Lipinski definition) is 0. The highest BCUT2D eigenvalue weighted by Crippen LogP contribution is 2.37. The van der Waals surface area contributed by atoms with E-state index < -0.39 is 0 Å². The largest absolute Gasteiger partial charge is 0.440 e. The average molecular weight is 684 g/mol. The Labute approximate surface area is 306 Å². The van der Waals surface area contributed by atoms with E-state index in [0.717, 1.165) is 96.7 Å². The van der Waals surface area contributed by atoms with E-state index in [4.69, 9.17) is 24.4 Å². The number of oxazole rings is 1. The van der Waals surface area contributed by atoms with E-state index in [0.29, 0.717) is 5.92 Å². The minimum Gasteiger partial charge on any atom is -0.440 e. The maximum absolute atomic E-state index is 6.11. The molecule has 4 aromatic heterocycles. The van der Waals surface area contributed by atoms with Crippen LogP contribution in [0.15, 0.2) is 169 Å². The van der Waals surface area contributed by atoms with Gasteiger partial charge in [0.2, 0.25) is 5.89 Å². The van der Waals surface area contributed by atoms with Gasteiger partial charge in [-0.15, -0.1) is 0 Å². The summed E-state index contributed by atoms with van der Waals surface area (Å²) in [5, 5.41) is 2.15. The van der Waals surface area contributed by atoms with Crippen molar-refractivity contribution in [3.05, 3.63) is 187 Å². The molecule has 8 aromatic rings. The molecule has 53 heavy (non-hydrogen) atoms. The van der Waals surface area contributed by atoms with Crippen LogP contribution < -0.4 is 0 Å². The molecule has 4 aromatic carbocycles. The average Bonchev–Trinajstić information content (AvgIpc) is 3.68. The zero-order chi connectivity index (χ0) is 35.1. The highest BCUT2D eigenvalue weighted by Gasteiger charge is 2.21. The maximum atomic E-state index is 6.11. The van der Waals surface area contributed by atoms with Crippen molar-refractivity contribution in [1.29, 1.82) is 0 Å². The number of nitrogens with zero attached hydrogens (tertiary/aromatic N) is 5. The van der Waals surface area contributed by atoms with Gasteiger partial charge in [-0.1, -0.05) is 115 Å². The Hall–Kier alpha value is -6.79. The van der Waals surface area contributed by atoms with Crippen LogP contribution in [-0.4, -0.2) is 24.9 Å². The van der Waals surface area contributed by atoms with Crippen LogP contribution in [0.3, 0.4) is 0 Å². The van der Waals surface area contributed by atoms with Gasteiger partial charge in [0.1, 0.15) is 5.52 Å². The fourth-order valence-electron chi connectivity index (χ4n) is 7.48. The van der Waals surface area contributed by atoms with Crippen LogP contribution in [0, 0.1) is 0 Å². The Bertz CT molecular complexity index is 2760. The van der Waals surface area contributed by atoms with Crippen molar-refractivity contribution in [3.63, 3.8) is 0 Å². The van der Waals surface area contributed by atoms with Crippen molar-refractivity contribution in [2.24, 2.45) is 0 Å². The fraction of sp³-hybridized carbons (Fsp3) is 0.0851. The Morgan fingerprint density at radius 1 is 0.566 bits per heavy atom. The van der Waals surface area contributed by atoms with Crippen molar-refractivity contribution in [3.8, 4) is 22.4 Å². The van der Waals surface area contributed by atoms with Gasteiger partial charge in [0.25, 0.3) is 0 Å². The molecule has 0 amide bonds. The molecule has 252 valence electrons. The number of para-hydroxylation sites is 2. The number of aromatic nitrogens is 5. The van der Waals surface area contributed by atoms with Gasteiger partial charge < -0.3 is 4.42 Å². The van der Waals surface area contributed by atoms with Crippen LogP contribution >= 0.6 is 0 Å².